The molecule has 1 aromatic rings. The van der Waals surface area contributed by atoms with Gasteiger partial charge in [-0.3, -0.25) is 15.0 Å². The van der Waals surface area contributed by atoms with Gasteiger partial charge in [0.15, 0.2) is 0 Å². The molecule has 5 nitrogen and oxygen atoms in total. The van der Waals surface area contributed by atoms with Gasteiger partial charge in [0.1, 0.15) is 0 Å². The van der Waals surface area contributed by atoms with Crippen LogP contribution in [0.25, 0.3) is 0 Å². The van der Waals surface area contributed by atoms with Gasteiger partial charge < -0.3 is 5.32 Å². The summed E-state index contributed by atoms with van der Waals surface area (Å²) in [6.07, 6.45) is 3.04. The number of likely N-dealkylation sites (N-methyl/N-ethyl adjacent to an activating group) is 1. The van der Waals surface area contributed by atoms with E-state index in [9.17, 15) is 9.59 Å². The maximum atomic E-state index is 11.7. The standard InChI is InChI=1S/C16H23N3O2/c1-3-12-4-6-13(7-5-12)10-19(2)11-15(20)18-16(21)17-14-8-9-14/h4-7,14H,3,8-11H2,1-2H3,(H2,17,18,20,21). The Labute approximate surface area is 125 Å². The lowest BCUT2D eigenvalue weighted by Gasteiger charge is -2.16. The van der Waals surface area contributed by atoms with E-state index in [1.807, 2.05) is 11.9 Å². The maximum absolute atomic E-state index is 11.7. The molecule has 114 valence electrons. The molecule has 1 aliphatic rings. The van der Waals surface area contributed by atoms with Gasteiger partial charge in [-0.05, 0) is 37.4 Å². The van der Waals surface area contributed by atoms with Crippen LogP contribution in [-0.4, -0.2) is 36.5 Å². The summed E-state index contributed by atoms with van der Waals surface area (Å²) in [5.41, 5.74) is 2.46. The van der Waals surface area contributed by atoms with Crippen LogP contribution in [0.5, 0.6) is 0 Å². The van der Waals surface area contributed by atoms with E-state index in [4.69, 9.17) is 0 Å². The monoisotopic (exact) mass is 289 g/mol. The number of benzene rings is 1. The van der Waals surface area contributed by atoms with Gasteiger partial charge in [0.2, 0.25) is 5.91 Å². The smallest absolute Gasteiger partial charge is 0.321 e. The molecule has 0 bridgehead atoms. The van der Waals surface area contributed by atoms with Crippen molar-refractivity contribution in [2.75, 3.05) is 13.6 Å². The van der Waals surface area contributed by atoms with Crippen molar-refractivity contribution in [1.29, 1.82) is 0 Å². The lowest BCUT2D eigenvalue weighted by molar-refractivity contribution is -0.120. The van der Waals surface area contributed by atoms with Gasteiger partial charge in [0.05, 0.1) is 6.54 Å². The van der Waals surface area contributed by atoms with Crippen LogP contribution < -0.4 is 10.6 Å². The van der Waals surface area contributed by atoms with E-state index in [1.54, 1.807) is 0 Å². The number of aryl methyl sites for hydroxylation is 1. The van der Waals surface area contributed by atoms with Crippen LogP contribution >= 0.6 is 0 Å². The van der Waals surface area contributed by atoms with E-state index in [0.29, 0.717) is 6.54 Å². The molecule has 1 aromatic carbocycles. The highest BCUT2D eigenvalue weighted by Crippen LogP contribution is 2.18. The Hall–Kier alpha value is -1.88. The second kappa shape index (κ2) is 7.22. The first-order chi connectivity index (χ1) is 10.1. The second-order valence-electron chi connectivity index (χ2n) is 5.64. The van der Waals surface area contributed by atoms with Crippen molar-refractivity contribution in [3.05, 3.63) is 35.4 Å². The fraction of sp³-hybridized carbons (Fsp3) is 0.500. The van der Waals surface area contributed by atoms with Crippen molar-refractivity contribution in [2.24, 2.45) is 0 Å². The van der Waals surface area contributed by atoms with Gasteiger partial charge in [0, 0.05) is 12.6 Å². The number of hydrogen-bond acceptors (Lipinski definition) is 3. The van der Waals surface area contributed by atoms with Crippen LogP contribution in [0.3, 0.4) is 0 Å². The average molecular weight is 289 g/mol. The van der Waals surface area contributed by atoms with Crippen LogP contribution in [0.15, 0.2) is 24.3 Å². The third kappa shape index (κ3) is 5.55. The number of amides is 3. The summed E-state index contributed by atoms with van der Waals surface area (Å²) in [6.45, 7) is 3.01. The number of hydrogen-bond donors (Lipinski definition) is 2. The zero-order valence-electron chi connectivity index (χ0n) is 12.7. The molecule has 5 heteroatoms. The number of carbonyl (C=O) groups excluding carboxylic acids is 2. The fourth-order valence-corrected chi connectivity index (χ4v) is 2.11. The molecule has 0 aliphatic heterocycles. The molecular weight excluding hydrogens is 266 g/mol. The minimum atomic E-state index is -0.386. The van der Waals surface area contributed by atoms with E-state index >= 15 is 0 Å². The molecule has 2 rings (SSSR count). The number of imide groups is 1. The SMILES string of the molecule is CCc1ccc(CN(C)CC(=O)NC(=O)NC2CC2)cc1. The summed E-state index contributed by atoms with van der Waals surface area (Å²) in [6, 6.07) is 8.23. The van der Waals surface area contributed by atoms with Crippen molar-refractivity contribution in [1.82, 2.24) is 15.5 Å². The molecule has 21 heavy (non-hydrogen) atoms. The highest BCUT2D eigenvalue weighted by atomic mass is 16.2. The van der Waals surface area contributed by atoms with Crippen LogP contribution in [0.1, 0.15) is 30.9 Å². The summed E-state index contributed by atoms with van der Waals surface area (Å²) >= 11 is 0. The molecule has 3 amide bonds. The topological polar surface area (TPSA) is 61.4 Å². The third-order valence-corrected chi connectivity index (χ3v) is 3.46. The summed E-state index contributed by atoms with van der Waals surface area (Å²) in [5, 5.41) is 5.09. The highest BCUT2D eigenvalue weighted by molar-refractivity contribution is 5.95. The number of carbonyl (C=O) groups is 2. The first-order valence-corrected chi connectivity index (χ1v) is 7.43. The van der Waals surface area contributed by atoms with Gasteiger partial charge in [-0.2, -0.15) is 0 Å². The third-order valence-electron chi connectivity index (χ3n) is 3.46. The van der Waals surface area contributed by atoms with Gasteiger partial charge in [-0.25, -0.2) is 4.79 Å². The molecule has 0 radical (unpaired) electrons. The highest BCUT2D eigenvalue weighted by Gasteiger charge is 2.23. The molecule has 1 saturated carbocycles. The predicted molar refractivity (Wildman–Crippen MR) is 81.9 cm³/mol. The summed E-state index contributed by atoms with van der Waals surface area (Å²) in [4.78, 5) is 25.1. The van der Waals surface area contributed by atoms with E-state index < -0.39 is 0 Å². The summed E-state index contributed by atoms with van der Waals surface area (Å²) < 4.78 is 0. The minimum Gasteiger partial charge on any atom is -0.335 e. The summed E-state index contributed by atoms with van der Waals surface area (Å²) in [5.74, 6) is -0.277. The van der Waals surface area contributed by atoms with Gasteiger partial charge in [-0.15, -0.1) is 0 Å². The molecule has 0 saturated heterocycles. The zero-order chi connectivity index (χ0) is 15.2. The Morgan fingerprint density at radius 3 is 2.38 bits per heavy atom. The number of rotatable bonds is 6. The molecule has 1 fully saturated rings. The number of nitrogens with one attached hydrogen (secondary N) is 2. The minimum absolute atomic E-state index is 0.202. The molecule has 1 aliphatic carbocycles. The lowest BCUT2D eigenvalue weighted by Crippen LogP contribution is -2.44. The second-order valence-corrected chi connectivity index (χ2v) is 5.64. The quantitative estimate of drug-likeness (QED) is 0.837. The van der Waals surface area contributed by atoms with E-state index in [2.05, 4.69) is 41.8 Å². The predicted octanol–water partition coefficient (Wildman–Crippen LogP) is 1.67. The van der Waals surface area contributed by atoms with Crippen LogP contribution in [0, 0.1) is 0 Å². The zero-order valence-corrected chi connectivity index (χ0v) is 12.7. The molecular formula is C16H23N3O2. The van der Waals surface area contributed by atoms with Crippen molar-refractivity contribution in [2.45, 2.75) is 38.8 Å². The molecule has 0 heterocycles. The van der Waals surface area contributed by atoms with Gasteiger partial charge in [0.25, 0.3) is 0 Å². The lowest BCUT2D eigenvalue weighted by atomic mass is 10.1. The molecule has 0 spiro atoms. The van der Waals surface area contributed by atoms with Crippen molar-refractivity contribution in [3.8, 4) is 0 Å². The van der Waals surface area contributed by atoms with Crippen LogP contribution in [-0.2, 0) is 17.8 Å². The summed E-state index contributed by atoms with van der Waals surface area (Å²) in [7, 11) is 1.87. The molecule has 2 N–H and O–H groups in total. The Bertz CT molecular complexity index is 495. The largest absolute Gasteiger partial charge is 0.335 e. The molecule has 0 unspecified atom stereocenters. The number of urea groups is 1. The Kier molecular flexibility index (Phi) is 5.33. The maximum Gasteiger partial charge on any atom is 0.321 e. The van der Waals surface area contributed by atoms with Crippen molar-refractivity contribution >= 4 is 11.9 Å². The van der Waals surface area contributed by atoms with E-state index in [0.717, 1.165) is 24.8 Å². The van der Waals surface area contributed by atoms with Gasteiger partial charge >= 0.3 is 6.03 Å². The molecule has 0 aromatic heterocycles. The number of nitrogens with zero attached hydrogens (tertiary/aromatic N) is 1. The fourth-order valence-electron chi connectivity index (χ4n) is 2.11. The Morgan fingerprint density at radius 1 is 1.19 bits per heavy atom. The van der Waals surface area contributed by atoms with Crippen molar-refractivity contribution < 1.29 is 9.59 Å². The normalized spacial score (nSPS) is 14.0. The van der Waals surface area contributed by atoms with Crippen LogP contribution in [0.2, 0.25) is 0 Å². The Balaban J connectivity index is 1.73. The Morgan fingerprint density at radius 2 is 1.81 bits per heavy atom. The average Bonchev–Trinajstić information content (AvgIpc) is 3.22. The van der Waals surface area contributed by atoms with Gasteiger partial charge in [-0.1, -0.05) is 31.2 Å². The van der Waals surface area contributed by atoms with E-state index in [1.165, 1.54) is 5.56 Å². The van der Waals surface area contributed by atoms with Crippen molar-refractivity contribution in [3.63, 3.8) is 0 Å². The first-order valence-electron chi connectivity index (χ1n) is 7.43. The van der Waals surface area contributed by atoms with Crippen LogP contribution in [0.4, 0.5) is 4.79 Å². The molecule has 0 atom stereocenters. The first kappa shape index (κ1) is 15.5. The van der Waals surface area contributed by atoms with E-state index in [-0.39, 0.29) is 24.5 Å².